The van der Waals surface area contributed by atoms with Gasteiger partial charge in [-0.1, -0.05) is 79.8 Å². The summed E-state index contributed by atoms with van der Waals surface area (Å²) in [5.41, 5.74) is 7.61. The highest BCUT2D eigenvalue weighted by molar-refractivity contribution is 9.10. The van der Waals surface area contributed by atoms with Crippen molar-refractivity contribution in [3.05, 3.63) is 278 Å². The number of rotatable bonds is 0. The van der Waals surface area contributed by atoms with Gasteiger partial charge in [-0.2, -0.15) is 0 Å². The van der Waals surface area contributed by atoms with Gasteiger partial charge in [-0.15, -0.1) is 12.8 Å². The van der Waals surface area contributed by atoms with Crippen molar-refractivity contribution in [2.24, 2.45) is 0 Å². The SMILES string of the molecule is C#Cc1ccccn1.C#Cc1ccccn1.CC1Cn2c(nc3cc(Br)ccc3c2=O)CN1C.CC1Cn2c(nc3cc(Br)ccc3c2=O)CN1C.CC1Cn2c(nc3cc(C#Cc4ccccn4)ccc3c2=O)CN1C.CC1Cn2c(nc3cc(C#Cc4ccccn4)ccc3c2=O)CN1C. The summed E-state index contributed by atoms with van der Waals surface area (Å²) < 4.78 is 9.11. The van der Waals surface area contributed by atoms with Gasteiger partial charge in [0.1, 0.15) is 46.1 Å². The average Bonchev–Trinajstić information content (AvgIpc) is 0.791. The molecule has 12 aromatic rings. The summed E-state index contributed by atoms with van der Waals surface area (Å²) in [6, 6.07) is 46.0. The molecule has 0 radical (unpaired) electrons. The van der Waals surface area contributed by atoms with Crippen molar-refractivity contribution in [1.82, 2.24) is 77.7 Å². The molecular weight excluding hydrogens is 1410 g/mol. The van der Waals surface area contributed by atoms with Crippen LogP contribution in [-0.4, -0.2) is 130 Å². The van der Waals surface area contributed by atoms with Gasteiger partial charge < -0.3 is 0 Å². The molecule has 0 saturated carbocycles. The number of hydrogen-bond acceptors (Lipinski definition) is 16. The van der Waals surface area contributed by atoms with E-state index in [1.165, 1.54) is 0 Å². The van der Waals surface area contributed by atoms with Gasteiger partial charge in [-0.3, -0.25) is 57.0 Å². The largest absolute Gasteiger partial charge is 0.295 e. The van der Waals surface area contributed by atoms with E-state index < -0.39 is 0 Å². The highest BCUT2D eigenvalue weighted by Gasteiger charge is 2.27. The molecule has 4 atom stereocenters. The summed E-state index contributed by atoms with van der Waals surface area (Å²) in [6.07, 6.45) is 16.9. The van der Waals surface area contributed by atoms with Gasteiger partial charge in [-0.25, -0.2) is 39.9 Å². The van der Waals surface area contributed by atoms with Crippen molar-refractivity contribution >= 4 is 75.5 Å². The van der Waals surface area contributed by atoms with E-state index >= 15 is 0 Å². The molecule has 0 amide bonds. The number of benzene rings is 4. The Balaban J connectivity index is 0.000000128. The number of likely N-dealkylation sites (N-methyl/N-ethyl adjacent to an activating group) is 4. The lowest BCUT2D eigenvalue weighted by atomic mass is 10.1. The first-order chi connectivity index (χ1) is 49.2. The molecule has 16 rings (SSSR count). The fourth-order valence-electron chi connectivity index (χ4n) is 11.6. The molecule has 0 bridgehead atoms. The minimum absolute atomic E-state index is 0.0317. The van der Waals surface area contributed by atoms with Gasteiger partial charge >= 0.3 is 0 Å². The molecule has 4 aromatic carbocycles. The van der Waals surface area contributed by atoms with E-state index in [0.29, 0.717) is 107 Å². The molecule has 4 unspecified atom stereocenters. The number of aromatic nitrogens is 12. The van der Waals surface area contributed by atoms with Gasteiger partial charge in [0.25, 0.3) is 22.2 Å². The van der Waals surface area contributed by atoms with Crippen LogP contribution in [-0.2, 0) is 52.4 Å². The van der Waals surface area contributed by atoms with Crippen molar-refractivity contribution in [1.29, 1.82) is 0 Å². The van der Waals surface area contributed by atoms with Crippen molar-refractivity contribution in [2.45, 2.75) is 104 Å². The number of halogens is 2. The number of hydrogen-bond donors (Lipinski definition) is 0. The lowest BCUT2D eigenvalue weighted by Gasteiger charge is -2.31. The van der Waals surface area contributed by atoms with Gasteiger partial charge in [0.2, 0.25) is 0 Å². The lowest BCUT2D eigenvalue weighted by Crippen LogP contribution is -2.43. The van der Waals surface area contributed by atoms with Crippen LogP contribution in [0, 0.1) is 48.4 Å². The topological polar surface area (TPSA) is 204 Å². The zero-order valence-electron chi connectivity index (χ0n) is 57.8. The lowest BCUT2D eigenvalue weighted by molar-refractivity contribution is 0.183. The van der Waals surface area contributed by atoms with E-state index in [-0.39, 0.29) is 22.2 Å². The Labute approximate surface area is 608 Å². The minimum Gasteiger partial charge on any atom is -0.295 e. The molecule has 512 valence electrons. The van der Waals surface area contributed by atoms with E-state index in [0.717, 1.165) is 78.9 Å². The number of pyridine rings is 4. The van der Waals surface area contributed by atoms with Crippen molar-refractivity contribution in [2.75, 3.05) is 28.2 Å². The Bertz CT molecular complexity index is 5200. The van der Waals surface area contributed by atoms with E-state index in [4.69, 9.17) is 22.8 Å². The maximum atomic E-state index is 12.8. The van der Waals surface area contributed by atoms with Crippen LogP contribution in [0.3, 0.4) is 0 Å². The molecule has 0 N–H and O–H groups in total. The summed E-state index contributed by atoms with van der Waals surface area (Å²) >= 11 is 6.83. The standard InChI is InChI=1S/2C20H18N4O.2C13H14BrN3O.2C7H5N/c2*1-14-12-24-19(13-23(14)2)22-18-11-15(7-9-17(18)20(24)25)6-8-16-5-3-4-10-21-16;2*1-8-6-17-12(7-16(8)2)15-11-5-9(14)3-4-10(11)13(17)18;2*1-2-7-5-3-4-6-8-7/h2*3-5,7,9-11,14H,12-13H2,1-2H3;2*3-5,8H,6-7H2,1-2H3;2*1,3-6H. The molecule has 0 spiro atoms. The van der Waals surface area contributed by atoms with Crippen LogP contribution in [0.15, 0.2) is 199 Å². The van der Waals surface area contributed by atoms with E-state index in [1.807, 2.05) is 133 Å². The quantitative estimate of drug-likeness (QED) is 0.130. The Morgan fingerprint density at radius 1 is 0.353 bits per heavy atom. The second-order valence-electron chi connectivity index (χ2n) is 25.3. The van der Waals surface area contributed by atoms with E-state index in [2.05, 4.69) is 173 Å². The second kappa shape index (κ2) is 33.0. The minimum atomic E-state index is 0.0317. The summed E-state index contributed by atoms with van der Waals surface area (Å²) in [4.78, 5) is 94.0. The summed E-state index contributed by atoms with van der Waals surface area (Å²) in [7, 11) is 8.23. The summed E-state index contributed by atoms with van der Waals surface area (Å²) in [5.74, 6) is 20.4. The molecule has 102 heavy (non-hydrogen) atoms. The first kappa shape index (κ1) is 72.3. The maximum absolute atomic E-state index is 12.8. The van der Waals surface area contributed by atoms with Crippen LogP contribution < -0.4 is 22.2 Å². The first-order valence-electron chi connectivity index (χ1n) is 33.1. The third-order valence-electron chi connectivity index (χ3n) is 18.0. The fraction of sp³-hybridized carbons (Fsp3) is 0.250. The average molecular weight is 1480 g/mol. The second-order valence-corrected chi connectivity index (χ2v) is 27.1. The van der Waals surface area contributed by atoms with Crippen LogP contribution in [0.5, 0.6) is 0 Å². The van der Waals surface area contributed by atoms with Crippen LogP contribution in [0.25, 0.3) is 43.6 Å². The maximum Gasteiger partial charge on any atom is 0.261 e. The highest BCUT2D eigenvalue weighted by Crippen LogP contribution is 2.23. The van der Waals surface area contributed by atoms with Gasteiger partial charge in [-0.05, 0) is 189 Å². The molecule has 4 aliphatic heterocycles. The zero-order valence-corrected chi connectivity index (χ0v) is 61.0. The van der Waals surface area contributed by atoms with Crippen molar-refractivity contribution < 1.29 is 0 Å². The van der Waals surface area contributed by atoms with Crippen LogP contribution >= 0.6 is 31.9 Å². The van der Waals surface area contributed by atoms with Crippen LogP contribution in [0.4, 0.5) is 0 Å². The van der Waals surface area contributed by atoms with Crippen LogP contribution in [0.1, 0.15) is 84.9 Å². The van der Waals surface area contributed by atoms with Crippen LogP contribution in [0.2, 0.25) is 0 Å². The van der Waals surface area contributed by atoms with Gasteiger partial charge in [0.05, 0.1) is 69.8 Å². The Morgan fingerprint density at radius 2 is 0.618 bits per heavy atom. The monoisotopic (exact) mass is 1480 g/mol. The summed E-state index contributed by atoms with van der Waals surface area (Å²) in [6.45, 7) is 14.1. The Hall–Kier alpha value is -10.9. The molecular formula is C80H74Br2N16O4. The molecule has 4 aliphatic rings. The Morgan fingerprint density at radius 3 is 0.873 bits per heavy atom. The molecule has 12 heterocycles. The van der Waals surface area contributed by atoms with Gasteiger partial charge in [0.15, 0.2) is 0 Å². The third-order valence-corrected chi connectivity index (χ3v) is 19.0. The van der Waals surface area contributed by atoms with Gasteiger partial charge in [0, 0.05) is 95.2 Å². The Kier molecular flexibility index (Phi) is 23.4. The zero-order chi connectivity index (χ0) is 72.1. The van der Waals surface area contributed by atoms with Crippen molar-refractivity contribution in [3.63, 3.8) is 0 Å². The summed E-state index contributed by atoms with van der Waals surface area (Å²) in [5, 5.41) is 2.67. The molecule has 0 fully saturated rings. The first-order valence-corrected chi connectivity index (χ1v) is 34.7. The third kappa shape index (κ3) is 17.4. The van der Waals surface area contributed by atoms with E-state index in [1.54, 1.807) is 55.2 Å². The number of nitrogens with zero attached hydrogens (tertiary/aromatic N) is 16. The fourth-order valence-corrected chi connectivity index (χ4v) is 12.3. The normalized spacial score (nSPS) is 16.6. The van der Waals surface area contributed by atoms with Crippen molar-refractivity contribution in [3.8, 4) is 48.4 Å². The molecule has 0 saturated heterocycles. The smallest absolute Gasteiger partial charge is 0.261 e. The highest BCUT2D eigenvalue weighted by atomic mass is 79.9. The molecule has 20 nitrogen and oxygen atoms in total. The number of terminal acetylenes is 2. The predicted molar refractivity (Wildman–Crippen MR) is 408 cm³/mol. The molecule has 0 aliphatic carbocycles. The molecule has 8 aromatic heterocycles. The van der Waals surface area contributed by atoms with E-state index in [9.17, 15) is 19.2 Å². The molecule has 22 heteroatoms. The number of fused-ring (bicyclic) bond motifs is 8. The predicted octanol–water partition coefficient (Wildman–Crippen LogP) is 10.2.